The van der Waals surface area contributed by atoms with E-state index in [1.807, 2.05) is 0 Å². The molecule has 0 heterocycles. The van der Waals surface area contributed by atoms with E-state index in [-0.39, 0.29) is 0 Å². The summed E-state index contributed by atoms with van der Waals surface area (Å²) in [6.45, 7) is 2.24. The van der Waals surface area contributed by atoms with Gasteiger partial charge in [0.15, 0.2) is 0 Å². The van der Waals surface area contributed by atoms with Crippen LogP contribution in [0.4, 0.5) is 0 Å². The van der Waals surface area contributed by atoms with Crippen LogP contribution < -0.4 is 0 Å². The zero-order valence-electron chi connectivity index (χ0n) is 5.30. The van der Waals surface area contributed by atoms with Gasteiger partial charge in [0.25, 0.3) is 0 Å². The molecule has 0 aromatic heterocycles. The van der Waals surface area contributed by atoms with Gasteiger partial charge in [-0.3, -0.25) is 0 Å². The van der Waals surface area contributed by atoms with Crippen LogP contribution in [-0.4, -0.2) is 32.0 Å². The van der Waals surface area contributed by atoms with Gasteiger partial charge in [-0.2, -0.15) is 0 Å². The van der Waals surface area contributed by atoms with Crippen LogP contribution in [0, 0.1) is 0 Å². The number of hydrogen-bond donors (Lipinski definition) is 0. The van der Waals surface area contributed by atoms with Crippen molar-refractivity contribution in [2.24, 2.45) is 0 Å². The molecule has 0 aliphatic carbocycles. The summed E-state index contributed by atoms with van der Waals surface area (Å²) in [7, 11) is 0. The van der Waals surface area contributed by atoms with Crippen LogP contribution in [0.15, 0.2) is 0 Å². The Kier molecular flexibility index (Phi) is 6.96. The molecule has 0 atom stereocenters. The molecule has 50 valence electrons. The monoisotopic (exact) mass is 246 g/mol. The Hall–Kier alpha value is 1.04. The maximum atomic E-state index is 2.67. The van der Waals surface area contributed by atoms with E-state index in [9.17, 15) is 0 Å². The van der Waals surface area contributed by atoms with Crippen molar-refractivity contribution in [3.05, 3.63) is 0 Å². The van der Waals surface area contributed by atoms with Gasteiger partial charge in [-0.25, -0.2) is 0 Å². The van der Waals surface area contributed by atoms with Gasteiger partial charge in [0.1, 0.15) is 0 Å². The van der Waals surface area contributed by atoms with Gasteiger partial charge in [-0.1, -0.05) is 0 Å². The molecule has 0 amide bonds. The Morgan fingerprint density at radius 1 is 1.25 bits per heavy atom. The minimum absolute atomic E-state index is 0.779. The van der Waals surface area contributed by atoms with Crippen molar-refractivity contribution in [3.8, 4) is 0 Å². The Morgan fingerprint density at radius 3 is 2.25 bits per heavy atom. The first-order valence-corrected chi connectivity index (χ1v) is 5.30. The van der Waals surface area contributed by atoms with E-state index in [1.54, 1.807) is 0 Å². The second-order valence-corrected chi connectivity index (χ2v) is 6.51. The fourth-order valence-corrected chi connectivity index (χ4v) is 1.34. The molecule has 2 heteroatoms. The molecule has 0 aliphatic rings. The van der Waals surface area contributed by atoms with Gasteiger partial charge in [0.05, 0.1) is 0 Å². The molecule has 0 aromatic carbocycles. The fraction of sp³-hybridized carbons (Fsp3) is 1.00. The second-order valence-electron chi connectivity index (χ2n) is 1.98. The van der Waals surface area contributed by atoms with E-state index < -0.39 is 0 Å². The van der Waals surface area contributed by atoms with Crippen molar-refractivity contribution < 1.29 is 0 Å². The van der Waals surface area contributed by atoms with Crippen LogP contribution in [0.25, 0.3) is 0 Å². The van der Waals surface area contributed by atoms with Crippen LogP contribution in [0.1, 0.15) is 32.6 Å². The van der Waals surface area contributed by atoms with Crippen LogP contribution in [0.5, 0.6) is 0 Å². The van der Waals surface area contributed by atoms with E-state index in [0.29, 0.717) is 0 Å². The average Bonchev–Trinajstić information content (AvgIpc) is 1.66. The summed E-state index contributed by atoms with van der Waals surface area (Å²) in [6, 6.07) is 0. The second kappa shape index (κ2) is 6.16. The number of rotatable bonds is 4. The Balaban J connectivity index is 2.72. The molecule has 0 bridgehead atoms. The molecule has 0 aliphatic heterocycles. The zero-order valence-corrected chi connectivity index (χ0v) is 9.05. The Bertz CT molecular complexity index is 43.8. The van der Waals surface area contributed by atoms with Gasteiger partial charge >= 0.3 is 68.3 Å². The molecular weight excluding hydrogens is 230 g/mol. The summed E-state index contributed by atoms with van der Waals surface area (Å²) in [5, 5.41) is 0. The first-order chi connectivity index (χ1) is 3.77. The van der Waals surface area contributed by atoms with Gasteiger partial charge in [0, 0.05) is 0 Å². The molecule has 0 saturated heterocycles. The predicted octanol–water partition coefficient (Wildman–Crippen LogP) is 1.11. The fourth-order valence-electron chi connectivity index (χ4n) is 0.577. The minimum atomic E-state index is 0.779. The molecule has 0 rings (SSSR count). The SMILES string of the molecule is CCCCCC([SeH])[SeH]. The van der Waals surface area contributed by atoms with E-state index in [2.05, 4.69) is 38.9 Å². The van der Waals surface area contributed by atoms with Crippen molar-refractivity contribution in [2.75, 3.05) is 0 Å². The molecule has 8 heavy (non-hydrogen) atoms. The molecular formula is C6H14Se2. The zero-order chi connectivity index (χ0) is 6.41. The van der Waals surface area contributed by atoms with E-state index in [0.717, 1.165) is 3.71 Å². The molecule has 0 N–H and O–H groups in total. The average molecular weight is 244 g/mol. The Morgan fingerprint density at radius 2 is 1.88 bits per heavy atom. The van der Waals surface area contributed by atoms with Crippen LogP contribution in [0.2, 0.25) is 3.71 Å². The topological polar surface area (TPSA) is 0 Å². The van der Waals surface area contributed by atoms with Gasteiger partial charge in [-0.05, 0) is 0 Å². The summed E-state index contributed by atoms with van der Waals surface area (Å²) in [5.41, 5.74) is 0. The Labute approximate surface area is 68.4 Å². The van der Waals surface area contributed by atoms with E-state index in [1.165, 1.54) is 25.7 Å². The van der Waals surface area contributed by atoms with Crippen molar-refractivity contribution >= 4 is 32.0 Å². The molecule has 0 spiro atoms. The van der Waals surface area contributed by atoms with Crippen molar-refractivity contribution in [2.45, 2.75) is 36.3 Å². The summed E-state index contributed by atoms with van der Waals surface area (Å²) in [4.78, 5) is 0. The summed E-state index contributed by atoms with van der Waals surface area (Å²) in [6.07, 6.45) is 5.48. The van der Waals surface area contributed by atoms with Crippen LogP contribution >= 0.6 is 0 Å². The first-order valence-electron chi connectivity index (χ1n) is 3.13. The van der Waals surface area contributed by atoms with E-state index in [4.69, 9.17) is 0 Å². The molecule has 0 fully saturated rings. The van der Waals surface area contributed by atoms with Gasteiger partial charge in [0.2, 0.25) is 0 Å². The standard InChI is InChI=1S/C6H14Se2/c1-2-3-4-5-6(7)8/h6-8H,2-5H2,1H3. The normalized spacial score (nSPS) is 10.5. The van der Waals surface area contributed by atoms with Gasteiger partial charge in [-0.15, -0.1) is 0 Å². The summed E-state index contributed by atoms with van der Waals surface area (Å²) < 4.78 is 0.779. The predicted molar refractivity (Wildman–Crippen MR) is 42.2 cm³/mol. The maximum absolute atomic E-state index is 2.67. The quantitative estimate of drug-likeness (QED) is 0.513. The third kappa shape index (κ3) is 7.04. The van der Waals surface area contributed by atoms with Crippen molar-refractivity contribution in [1.82, 2.24) is 0 Å². The number of unbranched alkanes of at least 4 members (excludes halogenated alkanes) is 2. The van der Waals surface area contributed by atoms with Crippen molar-refractivity contribution in [1.29, 1.82) is 0 Å². The summed E-state index contributed by atoms with van der Waals surface area (Å²) >= 11 is 5.33. The molecule has 0 unspecified atom stereocenters. The first kappa shape index (κ1) is 9.04. The third-order valence-electron chi connectivity index (χ3n) is 1.07. The van der Waals surface area contributed by atoms with Gasteiger partial charge < -0.3 is 0 Å². The molecule has 0 radical (unpaired) electrons. The van der Waals surface area contributed by atoms with Crippen molar-refractivity contribution in [3.63, 3.8) is 0 Å². The van der Waals surface area contributed by atoms with E-state index >= 15 is 0 Å². The number of hydrogen-bond acceptors (Lipinski definition) is 0. The molecule has 0 aromatic rings. The van der Waals surface area contributed by atoms with Crippen LogP contribution in [0.3, 0.4) is 0 Å². The summed E-state index contributed by atoms with van der Waals surface area (Å²) in [5.74, 6) is 0. The van der Waals surface area contributed by atoms with Crippen LogP contribution in [-0.2, 0) is 0 Å². The molecule has 0 nitrogen and oxygen atoms in total. The molecule has 0 saturated carbocycles. The third-order valence-corrected chi connectivity index (χ3v) is 2.15.